The van der Waals surface area contributed by atoms with Crippen LogP contribution in [0, 0.1) is 0 Å². The average Bonchev–Trinajstić information content (AvgIpc) is 2.71. The van der Waals surface area contributed by atoms with Crippen molar-refractivity contribution in [3.8, 4) is 10.4 Å². The van der Waals surface area contributed by atoms with E-state index in [1.54, 1.807) is 18.5 Å². The van der Waals surface area contributed by atoms with Crippen LogP contribution < -0.4 is 0 Å². The van der Waals surface area contributed by atoms with Gasteiger partial charge in [-0.3, -0.25) is 4.98 Å². The molecule has 0 aliphatic heterocycles. The minimum atomic E-state index is -0.314. The molecule has 0 bridgehead atoms. The largest absolute Gasteiger partial charge is 0.465 e. The van der Waals surface area contributed by atoms with Crippen molar-refractivity contribution in [2.24, 2.45) is 0 Å². The molecular weight excluding hydrogens is 290 g/mol. The van der Waals surface area contributed by atoms with Crippen LogP contribution in [0.25, 0.3) is 10.4 Å². The van der Waals surface area contributed by atoms with Crippen molar-refractivity contribution in [2.45, 2.75) is 0 Å². The number of carbonyl (C=O) groups excluding carboxylic acids is 1. The zero-order valence-electron chi connectivity index (χ0n) is 8.44. The Hall–Kier alpha value is -1.20. The molecule has 0 saturated carbocycles. The van der Waals surface area contributed by atoms with Gasteiger partial charge >= 0.3 is 5.97 Å². The highest BCUT2D eigenvalue weighted by Gasteiger charge is 2.14. The van der Waals surface area contributed by atoms with E-state index in [9.17, 15) is 4.79 Å². The van der Waals surface area contributed by atoms with Crippen molar-refractivity contribution < 1.29 is 9.53 Å². The second kappa shape index (κ2) is 4.76. The molecule has 82 valence electrons. The smallest absolute Gasteiger partial charge is 0.348 e. The average molecular weight is 298 g/mol. The molecule has 0 aliphatic rings. The second-order valence-electron chi connectivity index (χ2n) is 3.02. The van der Waals surface area contributed by atoms with Gasteiger partial charge in [0.15, 0.2) is 0 Å². The summed E-state index contributed by atoms with van der Waals surface area (Å²) in [5.41, 5.74) is 1.03. The Bertz CT molecular complexity index is 510. The molecule has 0 radical (unpaired) electrons. The Morgan fingerprint density at radius 3 is 2.75 bits per heavy atom. The third kappa shape index (κ3) is 2.15. The van der Waals surface area contributed by atoms with E-state index in [2.05, 4.69) is 25.7 Å². The van der Waals surface area contributed by atoms with Gasteiger partial charge in [-0.05, 0) is 39.7 Å². The van der Waals surface area contributed by atoms with Gasteiger partial charge in [-0.2, -0.15) is 0 Å². The lowest BCUT2D eigenvalue weighted by Gasteiger charge is -1.96. The van der Waals surface area contributed by atoms with Gasteiger partial charge in [-0.25, -0.2) is 4.79 Å². The van der Waals surface area contributed by atoms with Crippen LogP contribution in [0.3, 0.4) is 0 Å². The summed E-state index contributed by atoms with van der Waals surface area (Å²) in [6.45, 7) is 0. The zero-order valence-corrected chi connectivity index (χ0v) is 10.8. The fourth-order valence-electron chi connectivity index (χ4n) is 1.27. The predicted molar refractivity (Wildman–Crippen MR) is 66.6 cm³/mol. The van der Waals surface area contributed by atoms with E-state index in [-0.39, 0.29) is 5.97 Å². The van der Waals surface area contributed by atoms with Crippen molar-refractivity contribution in [1.29, 1.82) is 0 Å². The molecule has 0 N–H and O–H groups in total. The molecule has 0 spiro atoms. The molecule has 0 unspecified atom stereocenters. The first-order valence-electron chi connectivity index (χ1n) is 4.50. The topological polar surface area (TPSA) is 39.2 Å². The number of nitrogens with zero attached hydrogens (tertiary/aromatic N) is 1. The Morgan fingerprint density at radius 1 is 1.44 bits per heavy atom. The molecular formula is C11H8BrNO2S. The third-order valence-electron chi connectivity index (χ3n) is 2.02. The lowest BCUT2D eigenvalue weighted by Crippen LogP contribution is -1.96. The maximum Gasteiger partial charge on any atom is 0.348 e. The molecule has 16 heavy (non-hydrogen) atoms. The van der Waals surface area contributed by atoms with Crippen molar-refractivity contribution >= 4 is 33.2 Å². The SMILES string of the molecule is COC(=O)c1cc(Br)c(-c2ccncc2)s1. The number of rotatable bonds is 2. The summed E-state index contributed by atoms with van der Waals surface area (Å²) in [6, 6.07) is 5.57. The number of hydrogen-bond donors (Lipinski definition) is 0. The van der Waals surface area contributed by atoms with Gasteiger partial charge in [0.1, 0.15) is 4.88 Å². The third-order valence-corrected chi connectivity index (χ3v) is 4.07. The minimum absolute atomic E-state index is 0.314. The van der Waals surface area contributed by atoms with E-state index in [1.165, 1.54) is 18.4 Å². The number of esters is 1. The van der Waals surface area contributed by atoms with Gasteiger partial charge in [0.2, 0.25) is 0 Å². The van der Waals surface area contributed by atoms with Gasteiger partial charge in [0.05, 0.1) is 7.11 Å². The highest BCUT2D eigenvalue weighted by atomic mass is 79.9. The molecule has 0 amide bonds. The molecule has 0 saturated heterocycles. The number of carbonyl (C=O) groups is 1. The van der Waals surface area contributed by atoms with E-state index in [0.717, 1.165) is 14.9 Å². The van der Waals surface area contributed by atoms with Gasteiger partial charge in [-0.1, -0.05) is 0 Å². The number of methoxy groups -OCH3 is 1. The monoisotopic (exact) mass is 297 g/mol. The first-order chi connectivity index (χ1) is 7.72. The lowest BCUT2D eigenvalue weighted by atomic mass is 10.2. The van der Waals surface area contributed by atoms with E-state index in [4.69, 9.17) is 0 Å². The summed E-state index contributed by atoms with van der Waals surface area (Å²) >= 11 is 4.83. The van der Waals surface area contributed by atoms with Gasteiger partial charge in [0.25, 0.3) is 0 Å². The summed E-state index contributed by atoms with van der Waals surface area (Å²) in [4.78, 5) is 16.9. The summed E-state index contributed by atoms with van der Waals surface area (Å²) in [7, 11) is 1.38. The molecule has 0 atom stereocenters. The van der Waals surface area contributed by atoms with Crippen molar-refractivity contribution in [3.63, 3.8) is 0 Å². The fraction of sp³-hybridized carbons (Fsp3) is 0.0909. The van der Waals surface area contributed by atoms with Crippen LogP contribution in [-0.4, -0.2) is 18.1 Å². The highest BCUT2D eigenvalue weighted by molar-refractivity contribution is 9.10. The van der Waals surface area contributed by atoms with E-state index >= 15 is 0 Å². The zero-order chi connectivity index (χ0) is 11.5. The lowest BCUT2D eigenvalue weighted by molar-refractivity contribution is 0.0606. The van der Waals surface area contributed by atoms with E-state index < -0.39 is 0 Å². The molecule has 2 aromatic heterocycles. The van der Waals surface area contributed by atoms with Crippen LogP contribution >= 0.6 is 27.3 Å². The maximum absolute atomic E-state index is 11.4. The van der Waals surface area contributed by atoms with Gasteiger partial charge < -0.3 is 4.74 Å². The summed E-state index contributed by atoms with van der Waals surface area (Å²) in [6.07, 6.45) is 3.44. The molecule has 0 aliphatic carbocycles. The van der Waals surface area contributed by atoms with Crippen LogP contribution in [-0.2, 0) is 4.74 Å². The van der Waals surface area contributed by atoms with Crippen molar-refractivity contribution in [1.82, 2.24) is 4.98 Å². The molecule has 3 nitrogen and oxygen atoms in total. The number of pyridine rings is 1. The summed E-state index contributed by atoms with van der Waals surface area (Å²) in [5, 5.41) is 0. The van der Waals surface area contributed by atoms with E-state index in [0.29, 0.717) is 4.88 Å². The first-order valence-corrected chi connectivity index (χ1v) is 6.11. The van der Waals surface area contributed by atoms with Crippen LogP contribution in [0.5, 0.6) is 0 Å². The quantitative estimate of drug-likeness (QED) is 0.798. The highest BCUT2D eigenvalue weighted by Crippen LogP contribution is 2.36. The first kappa shape index (κ1) is 11.3. The normalized spacial score (nSPS) is 10.1. The Morgan fingerprint density at radius 2 is 2.12 bits per heavy atom. The number of hydrogen-bond acceptors (Lipinski definition) is 4. The Balaban J connectivity index is 2.44. The molecule has 2 heterocycles. The molecule has 2 aromatic rings. The summed E-state index contributed by atoms with van der Waals surface area (Å²) in [5.74, 6) is -0.314. The van der Waals surface area contributed by atoms with E-state index in [1.807, 2.05) is 12.1 Å². The number of ether oxygens (including phenoxy) is 1. The maximum atomic E-state index is 11.4. The van der Waals surface area contributed by atoms with Crippen LogP contribution in [0.4, 0.5) is 0 Å². The molecule has 2 rings (SSSR count). The second-order valence-corrected chi connectivity index (χ2v) is 4.92. The minimum Gasteiger partial charge on any atom is -0.465 e. The number of thiophene rings is 1. The predicted octanol–water partition coefficient (Wildman–Crippen LogP) is 3.36. The molecule has 0 fully saturated rings. The van der Waals surface area contributed by atoms with Gasteiger partial charge in [0, 0.05) is 21.7 Å². The fourth-order valence-corrected chi connectivity index (χ4v) is 3.10. The number of aromatic nitrogens is 1. The number of halogens is 1. The van der Waals surface area contributed by atoms with Crippen molar-refractivity contribution in [3.05, 3.63) is 39.9 Å². The molecule has 0 aromatic carbocycles. The van der Waals surface area contributed by atoms with Crippen LogP contribution in [0.1, 0.15) is 9.67 Å². The molecule has 5 heteroatoms. The Kier molecular flexibility index (Phi) is 3.36. The van der Waals surface area contributed by atoms with Crippen molar-refractivity contribution in [2.75, 3.05) is 7.11 Å². The summed E-state index contributed by atoms with van der Waals surface area (Å²) < 4.78 is 5.57. The van der Waals surface area contributed by atoms with Gasteiger partial charge in [-0.15, -0.1) is 11.3 Å². The standard InChI is InChI=1S/C11H8BrNO2S/c1-15-11(14)9-6-8(12)10(16-9)7-2-4-13-5-3-7/h2-6H,1H3. The van der Waals surface area contributed by atoms with Crippen LogP contribution in [0.2, 0.25) is 0 Å². The van der Waals surface area contributed by atoms with Crippen LogP contribution in [0.15, 0.2) is 35.1 Å². The Labute approximate surface area is 105 Å².